The first-order valence-corrected chi connectivity index (χ1v) is 7.38. The second-order valence-corrected chi connectivity index (χ2v) is 6.02. The number of carboxylic acid groups (broad SMARTS) is 1. The fourth-order valence-corrected chi connectivity index (χ4v) is 2.55. The van der Waals surface area contributed by atoms with E-state index in [4.69, 9.17) is 16.7 Å². The SMILES string of the molecule is COC(=O)c1ccc(Cl)cc1NS(=O)(=O)CCC(=O)O. The highest BCUT2D eigenvalue weighted by Gasteiger charge is 2.18. The average molecular weight is 322 g/mol. The van der Waals surface area contributed by atoms with Crippen LogP contribution < -0.4 is 4.72 Å². The molecule has 0 aliphatic carbocycles. The van der Waals surface area contributed by atoms with Gasteiger partial charge in [0, 0.05) is 5.02 Å². The number of aliphatic carboxylic acids is 1. The molecule has 0 saturated heterocycles. The van der Waals surface area contributed by atoms with Crippen LogP contribution in [0.2, 0.25) is 5.02 Å². The molecule has 110 valence electrons. The van der Waals surface area contributed by atoms with Crippen molar-refractivity contribution in [1.82, 2.24) is 0 Å². The summed E-state index contributed by atoms with van der Waals surface area (Å²) in [7, 11) is -2.76. The first-order valence-electron chi connectivity index (χ1n) is 5.35. The maximum atomic E-state index is 11.7. The molecule has 0 fully saturated rings. The molecule has 1 aromatic rings. The number of nitrogens with one attached hydrogen (secondary N) is 1. The summed E-state index contributed by atoms with van der Waals surface area (Å²) in [4.78, 5) is 21.9. The Labute approximate surface area is 120 Å². The van der Waals surface area contributed by atoms with E-state index in [9.17, 15) is 18.0 Å². The van der Waals surface area contributed by atoms with Gasteiger partial charge in [-0.1, -0.05) is 11.6 Å². The van der Waals surface area contributed by atoms with E-state index in [1.165, 1.54) is 18.2 Å². The summed E-state index contributed by atoms with van der Waals surface area (Å²) in [5.41, 5.74) is -0.0782. The van der Waals surface area contributed by atoms with E-state index in [2.05, 4.69) is 9.46 Å². The van der Waals surface area contributed by atoms with E-state index in [0.717, 1.165) is 7.11 Å². The normalized spacial score (nSPS) is 10.9. The van der Waals surface area contributed by atoms with Gasteiger partial charge in [-0.15, -0.1) is 0 Å². The number of ether oxygens (including phenoxy) is 1. The zero-order valence-electron chi connectivity index (χ0n) is 10.4. The molecule has 0 aliphatic rings. The summed E-state index contributed by atoms with van der Waals surface area (Å²) >= 11 is 5.74. The number of hydrogen-bond acceptors (Lipinski definition) is 5. The Balaban J connectivity index is 3.04. The van der Waals surface area contributed by atoms with Gasteiger partial charge < -0.3 is 9.84 Å². The highest BCUT2D eigenvalue weighted by Crippen LogP contribution is 2.23. The molecule has 0 heterocycles. The quantitative estimate of drug-likeness (QED) is 0.765. The molecule has 0 aromatic heterocycles. The van der Waals surface area contributed by atoms with Crippen LogP contribution >= 0.6 is 11.6 Å². The fraction of sp³-hybridized carbons (Fsp3) is 0.273. The fourth-order valence-electron chi connectivity index (χ4n) is 1.33. The second-order valence-electron chi connectivity index (χ2n) is 3.75. The molecule has 0 saturated carbocycles. The van der Waals surface area contributed by atoms with Crippen molar-refractivity contribution in [2.24, 2.45) is 0 Å². The van der Waals surface area contributed by atoms with E-state index in [1.807, 2.05) is 0 Å². The van der Waals surface area contributed by atoms with Crippen molar-refractivity contribution in [3.8, 4) is 0 Å². The monoisotopic (exact) mass is 321 g/mol. The van der Waals surface area contributed by atoms with Gasteiger partial charge in [0.2, 0.25) is 10.0 Å². The molecule has 2 N–H and O–H groups in total. The molecule has 1 aromatic carbocycles. The number of halogens is 1. The standard InChI is InChI=1S/C11H12ClNO6S/c1-19-11(16)8-3-2-7(12)6-9(8)13-20(17,18)5-4-10(14)15/h2-3,6,13H,4-5H2,1H3,(H,14,15). The highest BCUT2D eigenvalue weighted by atomic mass is 35.5. The number of carbonyl (C=O) groups is 2. The van der Waals surface area contributed by atoms with Gasteiger partial charge in [0.25, 0.3) is 0 Å². The summed E-state index contributed by atoms with van der Waals surface area (Å²) in [5.74, 6) is -2.60. The molecule has 7 nitrogen and oxygen atoms in total. The van der Waals surface area contributed by atoms with Crippen LogP contribution in [0.4, 0.5) is 5.69 Å². The maximum Gasteiger partial charge on any atom is 0.339 e. The molecule has 20 heavy (non-hydrogen) atoms. The minimum atomic E-state index is -3.91. The number of carboxylic acids is 1. The number of anilines is 1. The Bertz CT molecular complexity index is 628. The molecule has 0 amide bonds. The maximum absolute atomic E-state index is 11.7. The number of methoxy groups -OCH3 is 1. The van der Waals surface area contributed by atoms with Crippen LogP contribution in [-0.4, -0.2) is 38.3 Å². The van der Waals surface area contributed by atoms with Crippen LogP contribution in [-0.2, 0) is 19.6 Å². The first kappa shape index (κ1) is 16.3. The van der Waals surface area contributed by atoms with Gasteiger partial charge in [0.05, 0.1) is 30.5 Å². The third-order valence-corrected chi connectivity index (χ3v) is 3.74. The van der Waals surface area contributed by atoms with Crippen molar-refractivity contribution in [3.63, 3.8) is 0 Å². The molecule has 0 radical (unpaired) electrons. The van der Waals surface area contributed by atoms with Crippen molar-refractivity contribution < 1.29 is 27.9 Å². The van der Waals surface area contributed by atoms with E-state index in [-0.39, 0.29) is 16.3 Å². The first-order chi connectivity index (χ1) is 9.25. The van der Waals surface area contributed by atoms with Crippen molar-refractivity contribution in [2.75, 3.05) is 17.6 Å². The third kappa shape index (κ3) is 4.71. The van der Waals surface area contributed by atoms with Gasteiger partial charge in [-0.05, 0) is 18.2 Å². The van der Waals surface area contributed by atoms with E-state index in [0.29, 0.717) is 0 Å². The summed E-state index contributed by atoms with van der Waals surface area (Å²) in [6.45, 7) is 0. The lowest BCUT2D eigenvalue weighted by Crippen LogP contribution is -2.20. The molecule has 0 bridgehead atoms. The molecular weight excluding hydrogens is 310 g/mol. The number of esters is 1. The topological polar surface area (TPSA) is 110 Å². The van der Waals surface area contributed by atoms with Gasteiger partial charge >= 0.3 is 11.9 Å². The summed E-state index contributed by atoms with van der Waals surface area (Å²) in [6, 6.07) is 3.96. The Morgan fingerprint density at radius 3 is 2.60 bits per heavy atom. The highest BCUT2D eigenvalue weighted by molar-refractivity contribution is 7.92. The van der Waals surface area contributed by atoms with E-state index >= 15 is 0 Å². The largest absolute Gasteiger partial charge is 0.481 e. The number of sulfonamides is 1. The van der Waals surface area contributed by atoms with Crippen molar-refractivity contribution in [1.29, 1.82) is 0 Å². The zero-order chi connectivity index (χ0) is 15.3. The van der Waals surface area contributed by atoms with Gasteiger partial charge in [-0.3, -0.25) is 9.52 Å². The summed E-state index contributed by atoms with van der Waals surface area (Å²) in [6.07, 6.45) is -0.552. The molecule has 0 atom stereocenters. The third-order valence-electron chi connectivity index (χ3n) is 2.24. The predicted molar refractivity (Wildman–Crippen MR) is 72.5 cm³/mol. The van der Waals surface area contributed by atoms with Crippen molar-refractivity contribution in [2.45, 2.75) is 6.42 Å². The lowest BCUT2D eigenvalue weighted by atomic mass is 10.2. The number of rotatable bonds is 6. The van der Waals surface area contributed by atoms with Crippen LogP contribution in [0.15, 0.2) is 18.2 Å². The lowest BCUT2D eigenvalue weighted by Gasteiger charge is -2.11. The van der Waals surface area contributed by atoms with E-state index in [1.54, 1.807) is 0 Å². The Morgan fingerprint density at radius 1 is 1.40 bits per heavy atom. The minimum Gasteiger partial charge on any atom is -0.481 e. The van der Waals surface area contributed by atoms with Crippen LogP contribution in [0.1, 0.15) is 16.8 Å². The summed E-state index contributed by atoms with van der Waals surface area (Å²) in [5, 5.41) is 8.70. The smallest absolute Gasteiger partial charge is 0.339 e. The molecule has 0 aliphatic heterocycles. The Kier molecular flexibility index (Phi) is 5.34. The van der Waals surface area contributed by atoms with Gasteiger partial charge in [0.15, 0.2) is 0 Å². The molecule has 0 unspecified atom stereocenters. The van der Waals surface area contributed by atoms with Crippen molar-refractivity contribution >= 4 is 39.3 Å². The van der Waals surface area contributed by atoms with Crippen LogP contribution in [0.3, 0.4) is 0 Å². The van der Waals surface area contributed by atoms with Gasteiger partial charge in [-0.25, -0.2) is 13.2 Å². The van der Waals surface area contributed by atoms with Crippen LogP contribution in [0.5, 0.6) is 0 Å². The predicted octanol–water partition coefficient (Wildman–Crippen LogP) is 1.34. The molecule has 1 rings (SSSR count). The van der Waals surface area contributed by atoms with Gasteiger partial charge in [-0.2, -0.15) is 0 Å². The Morgan fingerprint density at radius 2 is 2.05 bits per heavy atom. The molecular formula is C11H12ClNO6S. The average Bonchev–Trinajstić information content (AvgIpc) is 2.35. The van der Waals surface area contributed by atoms with Crippen LogP contribution in [0, 0.1) is 0 Å². The lowest BCUT2D eigenvalue weighted by molar-refractivity contribution is -0.136. The molecule has 0 spiro atoms. The zero-order valence-corrected chi connectivity index (χ0v) is 12.0. The number of benzene rings is 1. The second kappa shape index (κ2) is 6.58. The van der Waals surface area contributed by atoms with E-state index < -0.39 is 34.1 Å². The molecule has 9 heteroatoms. The number of hydrogen-bond donors (Lipinski definition) is 2. The Hall–Kier alpha value is -1.80. The minimum absolute atomic E-state index is 0.0178. The number of carbonyl (C=O) groups excluding carboxylic acids is 1. The van der Waals surface area contributed by atoms with Crippen LogP contribution in [0.25, 0.3) is 0 Å². The van der Waals surface area contributed by atoms with Crippen molar-refractivity contribution in [3.05, 3.63) is 28.8 Å². The summed E-state index contributed by atoms with van der Waals surface area (Å²) < 4.78 is 30.1. The van der Waals surface area contributed by atoms with Gasteiger partial charge in [0.1, 0.15) is 0 Å².